The van der Waals surface area contributed by atoms with Gasteiger partial charge in [-0.3, -0.25) is 4.79 Å². The van der Waals surface area contributed by atoms with E-state index >= 15 is 0 Å². The molecule has 0 heterocycles. The van der Waals surface area contributed by atoms with Gasteiger partial charge in [0, 0.05) is 18.6 Å². The fourth-order valence-corrected chi connectivity index (χ4v) is 1.75. The molecular formula is C14H29IN4O. The Balaban J connectivity index is 0.00000361. The molecule has 5 nitrogen and oxygen atoms in total. The first-order valence-electron chi connectivity index (χ1n) is 7.24. The van der Waals surface area contributed by atoms with Gasteiger partial charge in [-0.15, -0.1) is 24.0 Å². The average Bonchev–Trinajstić information content (AvgIpc) is 3.07. The summed E-state index contributed by atoms with van der Waals surface area (Å²) in [5, 5.41) is 9.32. The topological polar surface area (TPSA) is 65.5 Å². The standard InChI is InChI=1S/C14H28N4O.HI/c1-5-15-13(16-9-8-11-6-7-11)17-10-12(19)18-14(2,3)4;/h11H,5-10H2,1-4H3,(H,18,19)(H2,15,16,17);1H. The largest absolute Gasteiger partial charge is 0.357 e. The number of amides is 1. The summed E-state index contributed by atoms with van der Waals surface area (Å²) in [5.41, 5.74) is -0.204. The van der Waals surface area contributed by atoms with Gasteiger partial charge in [-0.05, 0) is 40.0 Å². The van der Waals surface area contributed by atoms with E-state index in [0.717, 1.165) is 25.0 Å². The molecule has 0 aromatic rings. The van der Waals surface area contributed by atoms with E-state index in [1.807, 2.05) is 27.7 Å². The Bertz CT molecular complexity index is 322. The SMILES string of the molecule is CCNC(=NCC(=O)NC(C)(C)C)NCCC1CC1.I. The predicted octanol–water partition coefficient (Wildman–Crippen LogP) is 1.87. The van der Waals surface area contributed by atoms with Gasteiger partial charge in [-0.1, -0.05) is 12.8 Å². The highest BCUT2D eigenvalue weighted by Gasteiger charge is 2.20. The first-order chi connectivity index (χ1) is 8.90. The summed E-state index contributed by atoms with van der Waals surface area (Å²) in [7, 11) is 0. The molecule has 0 radical (unpaired) electrons. The molecule has 0 saturated heterocycles. The van der Waals surface area contributed by atoms with Crippen molar-refractivity contribution in [1.29, 1.82) is 0 Å². The van der Waals surface area contributed by atoms with Crippen LogP contribution in [-0.2, 0) is 4.79 Å². The molecule has 0 aromatic heterocycles. The van der Waals surface area contributed by atoms with Crippen molar-refractivity contribution in [1.82, 2.24) is 16.0 Å². The van der Waals surface area contributed by atoms with E-state index in [1.54, 1.807) is 0 Å². The highest BCUT2D eigenvalue weighted by Crippen LogP contribution is 2.31. The van der Waals surface area contributed by atoms with Gasteiger partial charge in [0.2, 0.25) is 5.91 Å². The summed E-state index contributed by atoms with van der Waals surface area (Å²) < 4.78 is 0. The minimum Gasteiger partial charge on any atom is -0.357 e. The van der Waals surface area contributed by atoms with Crippen molar-refractivity contribution in [2.75, 3.05) is 19.6 Å². The van der Waals surface area contributed by atoms with Crippen LogP contribution in [0.4, 0.5) is 0 Å². The van der Waals surface area contributed by atoms with Crippen molar-refractivity contribution in [3.63, 3.8) is 0 Å². The summed E-state index contributed by atoms with van der Waals surface area (Å²) in [4.78, 5) is 16.0. The number of carbonyl (C=O) groups is 1. The van der Waals surface area contributed by atoms with Crippen molar-refractivity contribution in [2.45, 2.75) is 52.5 Å². The lowest BCUT2D eigenvalue weighted by atomic mass is 10.1. The highest BCUT2D eigenvalue weighted by molar-refractivity contribution is 14.0. The molecule has 1 amide bonds. The van der Waals surface area contributed by atoms with Crippen molar-refractivity contribution >= 4 is 35.8 Å². The molecule has 0 aliphatic heterocycles. The lowest BCUT2D eigenvalue weighted by Crippen LogP contribution is -2.43. The lowest BCUT2D eigenvalue weighted by molar-refractivity contribution is -0.121. The molecule has 0 bridgehead atoms. The zero-order valence-corrected chi connectivity index (χ0v) is 15.4. The third-order valence-corrected chi connectivity index (χ3v) is 2.78. The van der Waals surface area contributed by atoms with E-state index in [9.17, 15) is 4.79 Å². The first kappa shape index (κ1) is 19.5. The minimum absolute atomic E-state index is 0. The van der Waals surface area contributed by atoms with Crippen LogP contribution in [-0.4, -0.2) is 37.0 Å². The van der Waals surface area contributed by atoms with Gasteiger partial charge in [-0.2, -0.15) is 0 Å². The van der Waals surface area contributed by atoms with Crippen LogP contribution in [0.25, 0.3) is 0 Å². The van der Waals surface area contributed by atoms with Crippen LogP contribution in [0.1, 0.15) is 47.0 Å². The number of nitrogens with zero attached hydrogens (tertiary/aromatic N) is 1. The van der Waals surface area contributed by atoms with Crippen molar-refractivity contribution in [3.05, 3.63) is 0 Å². The van der Waals surface area contributed by atoms with Crippen LogP contribution >= 0.6 is 24.0 Å². The van der Waals surface area contributed by atoms with E-state index in [2.05, 4.69) is 20.9 Å². The molecule has 1 aliphatic carbocycles. The first-order valence-corrected chi connectivity index (χ1v) is 7.24. The van der Waals surface area contributed by atoms with Gasteiger partial charge in [0.15, 0.2) is 5.96 Å². The van der Waals surface area contributed by atoms with Crippen molar-refractivity contribution in [3.8, 4) is 0 Å². The summed E-state index contributed by atoms with van der Waals surface area (Å²) in [6.45, 7) is 9.81. The smallest absolute Gasteiger partial charge is 0.242 e. The highest BCUT2D eigenvalue weighted by atomic mass is 127. The number of guanidine groups is 1. The number of halogens is 1. The van der Waals surface area contributed by atoms with Crippen LogP contribution in [0.2, 0.25) is 0 Å². The number of aliphatic imine (C=N–C) groups is 1. The Kier molecular flexibility index (Phi) is 9.16. The zero-order valence-electron chi connectivity index (χ0n) is 13.1. The molecule has 118 valence electrons. The van der Waals surface area contributed by atoms with Gasteiger partial charge in [0.05, 0.1) is 0 Å². The van der Waals surface area contributed by atoms with Gasteiger partial charge < -0.3 is 16.0 Å². The van der Waals surface area contributed by atoms with E-state index in [4.69, 9.17) is 0 Å². The normalized spacial score (nSPS) is 15.3. The quantitative estimate of drug-likeness (QED) is 0.365. The second-order valence-electron chi connectivity index (χ2n) is 6.15. The predicted molar refractivity (Wildman–Crippen MR) is 94.6 cm³/mol. The second kappa shape index (κ2) is 9.41. The molecule has 1 saturated carbocycles. The third-order valence-electron chi connectivity index (χ3n) is 2.78. The molecule has 20 heavy (non-hydrogen) atoms. The Labute approximate surface area is 139 Å². The van der Waals surface area contributed by atoms with Crippen LogP contribution in [0, 0.1) is 5.92 Å². The Morgan fingerprint density at radius 3 is 2.40 bits per heavy atom. The number of hydrogen-bond acceptors (Lipinski definition) is 2. The molecule has 0 atom stereocenters. The minimum atomic E-state index is -0.204. The van der Waals surface area contributed by atoms with Crippen LogP contribution in [0.15, 0.2) is 4.99 Å². The zero-order chi connectivity index (χ0) is 14.3. The van der Waals surface area contributed by atoms with E-state index in [-0.39, 0.29) is 42.0 Å². The van der Waals surface area contributed by atoms with Crippen molar-refractivity contribution in [2.24, 2.45) is 10.9 Å². The number of carbonyl (C=O) groups excluding carboxylic acids is 1. The van der Waals surface area contributed by atoms with Gasteiger partial charge in [0.1, 0.15) is 6.54 Å². The fraction of sp³-hybridized carbons (Fsp3) is 0.857. The van der Waals surface area contributed by atoms with Gasteiger partial charge in [-0.25, -0.2) is 4.99 Å². The van der Waals surface area contributed by atoms with Crippen LogP contribution < -0.4 is 16.0 Å². The van der Waals surface area contributed by atoms with Crippen LogP contribution in [0.3, 0.4) is 0 Å². The number of rotatable bonds is 6. The summed E-state index contributed by atoms with van der Waals surface area (Å²) in [6.07, 6.45) is 3.92. The monoisotopic (exact) mass is 396 g/mol. The van der Waals surface area contributed by atoms with Gasteiger partial charge >= 0.3 is 0 Å². The molecule has 1 fully saturated rings. The molecule has 1 rings (SSSR count). The van der Waals surface area contributed by atoms with Gasteiger partial charge in [0.25, 0.3) is 0 Å². The lowest BCUT2D eigenvalue weighted by Gasteiger charge is -2.20. The number of hydrogen-bond donors (Lipinski definition) is 3. The van der Waals surface area contributed by atoms with E-state index in [0.29, 0.717) is 0 Å². The maximum Gasteiger partial charge on any atom is 0.242 e. The molecule has 0 unspecified atom stereocenters. The molecule has 6 heteroatoms. The third kappa shape index (κ3) is 10.3. The van der Waals surface area contributed by atoms with Crippen molar-refractivity contribution < 1.29 is 4.79 Å². The molecule has 3 N–H and O–H groups in total. The van der Waals surface area contributed by atoms with Crippen LogP contribution in [0.5, 0.6) is 0 Å². The molecule has 0 spiro atoms. The average molecular weight is 396 g/mol. The van der Waals surface area contributed by atoms with E-state index in [1.165, 1.54) is 19.3 Å². The maximum atomic E-state index is 11.7. The molecule has 0 aromatic carbocycles. The number of nitrogens with one attached hydrogen (secondary N) is 3. The Morgan fingerprint density at radius 1 is 1.25 bits per heavy atom. The van der Waals surface area contributed by atoms with E-state index < -0.39 is 0 Å². The molecule has 1 aliphatic rings. The fourth-order valence-electron chi connectivity index (χ4n) is 1.75. The Morgan fingerprint density at radius 2 is 1.90 bits per heavy atom. The summed E-state index contributed by atoms with van der Waals surface area (Å²) in [5.74, 6) is 1.58. The maximum absolute atomic E-state index is 11.7. The summed E-state index contributed by atoms with van der Waals surface area (Å²) >= 11 is 0. The second-order valence-corrected chi connectivity index (χ2v) is 6.15. The summed E-state index contributed by atoms with van der Waals surface area (Å²) in [6, 6.07) is 0. The Hall–Kier alpha value is -0.530. The molecular weight excluding hydrogens is 367 g/mol.